The maximum Gasteiger partial charge on any atom is 0.210 e. The number of hydrogen-bond acceptors (Lipinski definition) is 1. The Morgan fingerprint density at radius 1 is 1.56 bits per heavy atom. The van der Waals surface area contributed by atoms with Crippen LogP contribution in [-0.2, 0) is 4.79 Å². The Hall–Kier alpha value is -0.530. The van der Waals surface area contributed by atoms with Gasteiger partial charge in [-0.15, -0.1) is 0 Å². The highest BCUT2D eigenvalue weighted by molar-refractivity contribution is 5.47. The van der Waals surface area contributed by atoms with Gasteiger partial charge in [0.2, 0.25) is 6.41 Å². The molecule has 1 radical (unpaired) electrons. The van der Waals surface area contributed by atoms with Gasteiger partial charge < -0.3 is 4.90 Å². The van der Waals surface area contributed by atoms with Gasteiger partial charge in [0.1, 0.15) is 0 Å². The first kappa shape index (κ1) is 8.47. The van der Waals surface area contributed by atoms with E-state index in [0.717, 1.165) is 13.0 Å². The molecule has 0 atom stereocenters. The summed E-state index contributed by atoms with van der Waals surface area (Å²) in [6, 6.07) is 0. The van der Waals surface area contributed by atoms with E-state index in [0.29, 0.717) is 5.92 Å². The van der Waals surface area contributed by atoms with E-state index >= 15 is 0 Å². The second-order valence-corrected chi connectivity index (χ2v) is 2.45. The number of carbonyl (C=O) groups is 1. The van der Waals surface area contributed by atoms with Crippen molar-refractivity contribution in [2.75, 3.05) is 6.54 Å². The van der Waals surface area contributed by atoms with E-state index in [4.69, 9.17) is 0 Å². The molecule has 0 bridgehead atoms. The first-order valence-electron chi connectivity index (χ1n) is 3.21. The van der Waals surface area contributed by atoms with Crippen LogP contribution in [0.1, 0.15) is 20.8 Å². The van der Waals surface area contributed by atoms with Crippen molar-refractivity contribution in [2.45, 2.75) is 20.8 Å². The normalized spacial score (nSPS) is 9.78. The van der Waals surface area contributed by atoms with Crippen molar-refractivity contribution in [3.05, 3.63) is 6.54 Å². The summed E-state index contributed by atoms with van der Waals surface area (Å²) in [4.78, 5) is 11.8. The molecule has 0 aliphatic carbocycles. The van der Waals surface area contributed by atoms with Crippen molar-refractivity contribution < 1.29 is 4.79 Å². The van der Waals surface area contributed by atoms with E-state index in [1.807, 2.05) is 6.92 Å². The SMILES string of the molecule is C[CH]N(C=O)CC(C)C. The van der Waals surface area contributed by atoms with Crippen molar-refractivity contribution in [3.8, 4) is 0 Å². The minimum absolute atomic E-state index is 0.548. The van der Waals surface area contributed by atoms with Crippen molar-refractivity contribution >= 4 is 6.41 Å². The first-order valence-corrected chi connectivity index (χ1v) is 3.21. The van der Waals surface area contributed by atoms with Gasteiger partial charge in [-0.1, -0.05) is 13.8 Å². The Balaban J connectivity index is 3.42. The summed E-state index contributed by atoms with van der Waals surface area (Å²) in [5, 5.41) is 0. The average Bonchev–Trinajstić information content (AvgIpc) is 1.82. The highest BCUT2D eigenvalue weighted by atomic mass is 16.1. The number of carbonyl (C=O) groups excluding carboxylic acids is 1. The molecular weight excluding hydrogens is 114 g/mol. The zero-order valence-corrected chi connectivity index (χ0v) is 6.29. The van der Waals surface area contributed by atoms with E-state index in [-0.39, 0.29) is 0 Å². The minimum atomic E-state index is 0.548. The summed E-state index contributed by atoms with van der Waals surface area (Å²) in [7, 11) is 0. The molecule has 0 saturated heterocycles. The molecule has 0 aliphatic rings. The Morgan fingerprint density at radius 2 is 2.11 bits per heavy atom. The third kappa shape index (κ3) is 4.01. The zero-order chi connectivity index (χ0) is 7.28. The number of rotatable bonds is 4. The van der Waals surface area contributed by atoms with Gasteiger partial charge in [0.25, 0.3) is 0 Å². The maximum absolute atomic E-state index is 10.2. The number of hydrogen-bond donors (Lipinski definition) is 0. The molecule has 0 saturated carbocycles. The van der Waals surface area contributed by atoms with Gasteiger partial charge in [-0.2, -0.15) is 0 Å². The summed E-state index contributed by atoms with van der Waals surface area (Å²) in [5.74, 6) is 0.548. The molecule has 0 N–H and O–H groups in total. The lowest BCUT2D eigenvalue weighted by molar-refractivity contribution is -0.117. The molecule has 0 rings (SSSR count). The van der Waals surface area contributed by atoms with Crippen LogP contribution >= 0.6 is 0 Å². The van der Waals surface area contributed by atoms with Gasteiger partial charge >= 0.3 is 0 Å². The quantitative estimate of drug-likeness (QED) is 0.522. The molecule has 0 aliphatic heterocycles. The molecule has 0 aromatic rings. The smallest absolute Gasteiger partial charge is 0.210 e. The summed E-state index contributed by atoms with van der Waals surface area (Å²) in [6.45, 7) is 8.63. The largest absolute Gasteiger partial charge is 0.340 e. The first-order chi connectivity index (χ1) is 4.20. The van der Waals surface area contributed by atoms with Crippen LogP contribution in [0, 0.1) is 12.5 Å². The van der Waals surface area contributed by atoms with Gasteiger partial charge in [-0.25, -0.2) is 0 Å². The van der Waals surface area contributed by atoms with Crippen LogP contribution in [-0.4, -0.2) is 17.9 Å². The molecule has 0 unspecified atom stereocenters. The predicted molar refractivity (Wildman–Crippen MR) is 37.6 cm³/mol. The fourth-order valence-corrected chi connectivity index (χ4v) is 0.631. The molecule has 9 heavy (non-hydrogen) atoms. The summed E-state index contributed by atoms with van der Waals surface area (Å²) >= 11 is 0. The monoisotopic (exact) mass is 128 g/mol. The van der Waals surface area contributed by atoms with E-state index in [2.05, 4.69) is 13.8 Å². The van der Waals surface area contributed by atoms with Gasteiger partial charge in [-0.3, -0.25) is 4.79 Å². The van der Waals surface area contributed by atoms with Crippen LogP contribution < -0.4 is 0 Å². The summed E-state index contributed by atoms with van der Waals surface area (Å²) in [5.41, 5.74) is 0. The lowest BCUT2D eigenvalue weighted by atomic mass is 10.2. The Bertz CT molecular complexity index is 81.0. The molecule has 1 amide bonds. The Morgan fingerprint density at radius 3 is 2.22 bits per heavy atom. The average molecular weight is 128 g/mol. The Labute approximate surface area is 56.9 Å². The lowest BCUT2D eigenvalue weighted by Gasteiger charge is -2.15. The third-order valence-electron chi connectivity index (χ3n) is 1.04. The minimum Gasteiger partial charge on any atom is -0.340 e. The predicted octanol–water partition coefficient (Wildman–Crippen LogP) is 1.28. The second kappa shape index (κ2) is 4.36. The van der Waals surface area contributed by atoms with Crippen LogP contribution in [0.5, 0.6) is 0 Å². The van der Waals surface area contributed by atoms with Crippen molar-refractivity contribution in [1.82, 2.24) is 4.90 Å². The fraction of sp³-hybridized carbons (Fsp3) is 0.714. The van der Waals surface area contributed by atoms with Crippen LogP contribution in [0.25, 0.3) is 0 Å². The Kier molecular flexibility index (Phi) is 4.10. The standard InChI is InChI=1S/C7H14NO/c1-4-8(6-9)5-7(2)3/h4,6-7H,5H2,1-3H3. The van der Waals surface area contributed by atoms with Crippen LogP contribution in [0.2, 0.25) is 0 Å². The van der Waals surface area contributed by atoms with Crippen molar-refractivity contribution in [2.24, 2.45) is 5.92 Å². The molecule has 2 heteroatoms. The molecule has 0 aromatic carbocycles. The summed E-state index contributed by atoms with van der Waals surface area (Å²) in [6.07, 6.45) is 0.847. The molecular formula is C7H14NO. The van der Waals surface area contributed by atoms with Gasteiger partial charge in [0.05, 0.1) is 0 Å². The van der Waals surface area contributed by atoms with Crippen LogP contribution in [0.4, 0.5) is 0 Å². The van der Waals surface area contributed by atoms with E-state index in [1.54, 1.807) is 11.4 Å². The van der Waals surface area contributed by atoms with Gasteiger partial charge in [0, 0.05) is 13.1 Å². The van der Waals surface area contributed by atoms with Gasteiger partial charge in [-0.05, 0) is 12.8 Å². The topological polar surface area (TPSA) is 20.3 Å². The van der Waals surface area contributed by atoms with E-state index in [9.17, 15) is 4.79 Å². The third-order valence-corrected chi connectivity index (χ3v) is 1.04. The number of amides is 1. The number of nitrogens with zero attached hydrogens (tertiary/aromatic N) is 1. The molecule has 0 aromatic heterocycles. The molecule has 0 heterocycles. The highest BCUT2D eigenvalue weighted by Gasteiger charge is 1.99. The molecule has 2 nitrogen and oxygen atoms in total. The molecule has 53 valence electrons. The second-order valence-electron chi connectivity index (χ2n) is 2.45. The zero-order valence-electron chi connectivity index (χ0n) is 6.29. The van der Waals surface area contributed by atoms with Crippen molar-refractivity contribution in [1.29, 1.82) is 0 Å². The highest BCUT2D eigenvalue weighted by Crippen LogP contribution is 1.96. The fourth-order valence-electron chi connectivity index (χ4n) is 0.631. The van der Waals surface area contributed by atoms with Crippen LogP contribution in [0.3, 0.4) is 0 Å². The molecule has 0 spiro atoms. The summed E-state index contributed by atoms with van der Waals surface area (Å²) < 4.78 is 0. The lowest BCUT2D eigenvalue weighted by Crippen LogP contribution is -2.22. The van der Waals surface area contributed by atoms with Gasteiger partial charge in [0.15, 0.2) is 0 Å². The van der Waals surface area contributed by atoms with Crippen LogP contribution in [0.15, 0.2) is 0 Å². The van der Waals surface area contributed by atoms with E-state index in [1.165, 1.54) is 0 Å². The maximum atomic E-state index is 10.2. The van der Waals surface area contributed by atoms with E-state index < -0.39 is 0 Å². The molecule has 0 fully saturated rings. The van der Waals surface area contributed by atoms with Crippen molar-refractivity contribution in [3.63, 3.8) is 0 Å².